The number of nitrogens with zero attached hydrogens (tertiary/aromatic N) is 4. The van der Waals surface area contributed by atoms with Crippen molar-refractivity contribution in [3.8, 4) is 0 Å². The van der Waals surface area contributed by atoms with Crippen LogP contribution in [0, 0.1) is 0 Å². The summed E-state index contributed by atoms with van der Waals surface area (Å²) in [4.78, 5) is 6.68. The molecule has 0 aromatic carbocycles. The van der Waals surface area contributed by atoms with E-state index in [9.17, 15) is 0 Å². The van der Waals surface area contributed by atoms with E-state index in [-0.39, 0.29) is 0 Å². The van der Waals surface area contributed by atoms with E-state index in [0.717, 1.165) is 45.1 Å². The molecule has 0 atom stereocenters. The van der Waals surface area contributed by atoms with Gasteiger partial charge in [-0.25, -0.2) is 9.67 Å². The first-order chi connectivity index (χ1) is 6.90. The summed E-state index contributed by atoms with van der Waals surface area (Å²) >= 11 is 0. The number of piperazine rings is 1. The van der Waals surface area contributed by atoms with E-state index in [4.69, 9.17) is 0 Å². The molecule has 2 heterocycles. The Morgan fingerprint density at radius 2 is 2.21 bits per heavy atom. The number of rotatable bonds is 3. The summed E-state index contributed by atoms with van der Waals surface area (Å²) in [5, 5.41) is 7.50. The molecule has 1 fully saturated rings. The number of hydrogen-bond donors (Lipinski definition) is 1. The number of aromatic nitrogens is 3. The third-order valence-electron chi connectivity index (χ3n) is 2.57. The van der Waals surface area contributed by atoms with Gasteiger partial charge in [0.15, 0.2) is 0 Å². The van der Waals surface area contributed by atoms with Crippen molar-refractivity contribution in [2.45, 2.75) is 20.0 Å². The van der Waals surface area contributed by atoms with Gasteiger partial charge in [-0.15, -0.1) is 0 Å². The van der Waals surface area contributed by atoms with Crippen molar-refractivity contribution in [2.24, 2.45) is 0 Å². The lowest BCUT2D eigenvalue weighted by Gasteiger charge is -2.26. The van der Waals surface area contributed by atoms with Gasteiger partial charge in [-0.2, -0.15) is 5.10 Å². The van der Waals surface area contributed by atoms with Crippen LogP contribution in [0.3, 0.4) is 0 Å². The zero-order chi connectivity index (χ0) is 9.80. The quantitative estimate of drug-likeness (QED) is 0.719. The van der Waals surface area contributed by atoms with Crippen LogP contribution in [0.15, 0.2) is 6.33 Å². The molecule has 5 nitrogen and oxygen atoms in total. The fourth-order valence-electron chi connectivity index (χ4n) is 1.74. The van der Waals surface area contributed by atoms with Crippen molar-refractivity contribution >= 4 is 0 Å². The van der Waals surface area contributed by atoms with Crippen molar-refractivity contribution in [2.75, 3.05) is 26.2 Å². The normalized spacial score (nSPS) is 18.6. The van der Waals surface area contributed by atoms with Gasteiger partial charge in [-0.05, 0) is 6.92 Å². The van der Waals surface area contributed by atoms with Crippen LogP contribution in [0.5, 0.6) is 0 Å². The van der Waals surface area contributed by atoms with Crippen LogP contribution in [-0.2, 0) is 13.1 Å². The van der Waals surface area contributed by atoms with Crippen molar-refractivity contribution < 1.29 is 0 Å². The molecule has 0 unspecified atom stereocenters. The monoisotopic (exact) mass is 195 g/mol. The smallest absolute Gasteiger partial charge is 0.140 e. The van der Waals surface area contributed by atoms with Gasteiger partial charge in [0.1, 0.15) is 12.2 Å². The van der Waals surface area contributed by atoms with E-state index in [1.54, 1.807) is 6.33 Å². The molecule has 1 aromatic heterocycles. The molecule has 1 aliphatic heterocycles. The topological polar surface area (TPSA) is 46.0 Å². The highest BCUT2D eigenvalue weighted by atomic mass is 15.3. The van der Waals surface area contributed by atoms with Gasteiger partial charge >= 0.3 is 0 Å². The second kappa shape index (κ2) is 4.52. The Morgan fingerprint density at radius 1 is 1.43 bits per heavy atom. The molecule has 1 N–H and O–H groups in total. The van der Waals surface area contributed by atoms with Crippen LogP contribution in [0.2, 0.25) is 0 Å². The molecule has 14 heavy (non-hydrogen) atoms. The summed E-state index contributed by atoms with van der Waals surface area (Å²) in [6, 6.07) is 0. The third kappa shape index (κ3) is 2.10. The maximum absolute atomic E-state index is 4.27. The largest absolute Gasteiger partial charge is 0.314 e. The lowest BCUT2D eigenvalue weighted by atomic mass is 10.3. The van der Waals surface area contributed by atoms with Crippen LogP contribution < -0.4 is 5.32 Å². The van der Waals surface area contributed by atoms with Gasteiger partial charge in [-0.3, -0.25) is 4.90 Å². The van der Waals surface area contributed by atoms with Crippen LogP contribution in [0.25, 0.3) is 0 Å². The average molecular weight is 195 g/mol. The Bertz CT molecular complexity index is 276. The van der Waals surface area contributed by atoms with Crippen molar-refractivity contribution in [3.05, 3.63) is 12.2 Å². The van der Waals surface area contributed by atoms with Crippen LogP contribution in [0.1, 0.15) is 12.7 Å². The minimum absolute atomic E-state index is 0.904. The molecule has 1 aliphatic rings. The lowest BCUT2D eigenvalue weighted by molar-refractivity contribution is 0.224. The van der Waals surface area contributed by atoms with Gasteiger partial charge in [0, 0.05) is 32.7 Å². The van der Waals surface area contributed by atoms with E-state index >= 15 is 0 Å². The number of nitrogens with one attached hydrogen (secondary N) is 1. The molecule has 2 rings (SSSR count). The SMILES string of the molecule is CCn1ncnc1CN1CCNCC1. The molecule has 1 aromatic rings. The Kier molecular flexibility index (Phi) is 3.10. The molecular weight excluding hydrogens is 178 g/mol. The summed E-state index contributed by atoms with van der Waals surface area (Å²) in [5.41, 5.74) is 0. The molecule has 1 saturated heterocycles. The van der Waals surface area contributed by atoms with Gasteiger partial charge in [0.25, 0.3) is 0 Å². The van der Waals surface area contributed by atoms with E-state index in [1.165, 1.54) is 0 Å². The maximum Gasteiger partial charge on any atom is 0.140 e. The Hall–Kier alpha value is -0.940. The summed E-state index contributed by atoms with van der Waals surface area (Å²) in [6.45, 7) is 8.31. The van der Waals surface area contributed by atoms with E-state index < -0.39 is 0 Å². The van der Waals surface area contributed by atoms with Gasteiger partial charge in [-0.1, -0.05) is 0 Å². The van der Waals surface area contributed by atoms with E-state index in [1.807, 2.05) is 4.68 Å². The van der Waals surface area contributed by atoms with E-state index in [2.05, 4.69) is 27.2 Å². The third-order valence-corrected chi connectivity index (χ3v) is 2.57. The summed E-state index contributed by atoms with van der Waals surface area (Å²) in [7, 11) is 0. The summed E-state index contributed by atoms with van der Waals surface area (Å²) < 4.78 is 1.96. The standard InChI is InChI=1S/C9H17N5/c1-2-14-9(11-8-12-14)7-13-5-3-10-4-6-13/h8,10H,2-7H2,1H3. The Labute approximate surface area is 84.1 Å². The first-order valence-corrected chi connectivity index (χ1v) is 5.20. The second-order valence-electron chi connectivity index (χ2n) is 3.52. The highest BCUT2D eigenvalue weighted by Crippen LogP contribution is 2.01. The summed E-state index contributed by atoms with van der Waals surface area (Å²) in [5.74, 6) is 1.08. The van der Waals surface area contributed by atoms with Crippen molar-refractivity contribution in [3.63, 3.8) is 0 Å². The van der Waals surface area contributed by atoms with Crippen LogP contribution >= 0.6 is 0 Å². The fraction of sp³-hybridized carbons (Fsp3) is 0.778. The molecule has 0 amide bonds. The number of aryl methyl sites for hydroxylation is 1. The zero-order valence-electron chi connectivity index (χ0n) is 8.61. The predicted octanol–water partition coefficient (Wildman–Crippen LogP) is -0.297. The Balaban J connectivity index is 1.95. The summed E-state index contributed by atoms with van der Waals surface area (Å²) in [6.07, 6.45) is 1.64. The number of hydrogen-bond acceptors (Lipinski definition) is 4. The van der Waals surface area contributed by atoms with Gasteiger partial charge in [0.2, 0.25) is 0 Å². The minimum atomic E-state index is 0.904. The average Bonchev–Trinajstić information content (AvgIpc) is 2.67. The van der Waals surface area contributed by atoms with Gasteiger partial charge < -0.3 is 5.32 Å². The van der Waals surface area contributed by atoms with Crippen LogP contribution in [0.4, 0.5) is 0 Å². The molecule has 0 radical (unpaired) electrons. The van der Waals surface area contributed by atoms with Gasteiger partial charge in [0.05, 0.1) is 6.54 Å². The van der Waals surface area contributed by atoms with Crippen molar-refractivity contribution in [1.29, 1.82) is 0 Å². The highest BCUT2D eigenvalue weighted by Gasteiger charge is 2.12. The second-order valence-corrected chi connectivity index (χ2v) is 3.52. The zero-order valence-corrected chi connectivity index (χ0v) is 8.61. The highest BCUT2D eigenvalue weighted by molar-refractivity contribution is 4.85. The lowest BCUT2D eigenvalue weighted by Crippen LogP contribution is -2.43. The first-order valence-electron chi connectivity index (χ1n) is 5.20. The van der Waals surface area contributed by atoms with Crippen molar-refractivity contribution in [1.82, 2.24) is 25.0 Å². The molecule has 78 valence electrons. The molecular formula is C9H17N5. The molecule has 0 spiro atoms. The minimum Gasteiger partial charge on any atom is -0.314 e. The molecule has 0 bridgehead atoms. The molecule has 0 saturated carbocycles. The van der Waals surface area contributed by atoms with Crippen LogP contribution in [-0.4, -0.2) is 45.8 Å². The molecule has 5 heteroatoms. The van der Waals surface area contributed by atoms with E-state index in [0.29, 0.717) is 0 Å². The first kappa shape index (κ1) is 9.61. The molecule has 0 aliphatic carbocycles. The fourth-order valence-corrected chi connectivity index (χ4v) is 1.74. The predicted molar refractivity (Wildman–Crippen MR) is 53.8 cm³/mol. The maximum atomic E-state index is 4.27. The Morgan fingerprint density at radius 3 is 2.93 bits per heavy atom.